The maximum atomic E-state index is 13.3. The van der Waals surface area contributed by atoms with E-state index in [2.05, 4.69) is 19.2 Å². The summed E-state index contributed by atoms with van der Waals surface area (Å²) in [5.74, 6) is -0.198. The second-order valence-corrected chi connectivity index (χ2v) is 25.4. The summed E-state index contributed by atoms with van der Waals surface area (Å²) < 4.78 is 22.9. The van der Waals surface area contributed by atoms with E-state index >= 15 is 0 Å². The molecule has 2 saturated heterocycles. The van der Waals surface area contributed by atoms with Gasteiger partial charge in [0, 0.05) is 6.42 Å². The lowest BCUT2D eigenvalue weighted by molar-refractivity contribution is -0.359. The van der Waals surface area contributed by atoms with Gasteiger partial charge in [-0.15, -0.1) is 0 Å². The number of aliphatic hydroxyl groups is 8. The Bertz CT molecular complexity index is 1380. The molecular formula is C68H133NO13. The number of rotatable bonds is 59. The largest absolute Gasteiger partial charge is 0.394 e. The van der Waals surface area contributed by atoms with Gasteiger partial charge in [-0.2, -0.15) is 0 Å². The maximum Gasteiger partial charge on any atom is 0.220 e. The summed E-state index contributed by atoms with van der Waals surface area (Å²) in [4.78, 5) is 13.3. The normalized spacial score (nSPS) is 23.8. The molecule has 2 aliphatic rings. The lowest BCUT2D eigenvalue weighted by Crippen LogP contribution is -2.65. The summed E-state index contributed by atoms with van der Waals surface area (Å²) in [6.45, 7) is 2.91. The Balaban J connectivity index is 1.59. The quantitative estimate of drug-likeness (QED) is 0.0259. The number of hydrogen-bond acceptors (Lipinski definition) is 13. The predicted molar refractivity (Wildman–Crippen MR) is 332 cm³/mol. The number of carbonyl (C=O) groups excluding carboxylic acids is 1. The maximum absolute atomic E-state index is 13.3. The number of hydrogen-bond donors (Lipinski definition) is 9. The fraction of sp³-hybridized carbons (Fsp3) is 0.985. The molecule has 0 aromatic carbocycles. The van der Waals surface area contributed by atoms with Gasteiger partial charge >= 0.3 is 0 Å². The fourth-order valence-corrected chi connectivity index (χ4v) is 12.2. The SMILES string of the molecule is CCCCCCCCCCCCCCCCCCCCCCCCCCCCCCCCCCCC(=O)N[C@@H](CO[C@@H]1O[C@H](CO)[C@@H](O[C@@H]2O[C@H](CO)[C@H](O)C(O)C2O)C(O)C1O)[C@H](O)CCCCCCCCCCCCCCCCC. The van der Waals surface area contributed by atoms with E-state index in [1.54, 1.807) is 0 Å². The van der Waals surface area contributed by atoms with Crippen LogP contribution in [0.25, 0.3) is 0 Å². The van der Waals surface area contributed by atoms with E-state index in [4.69, 9.17) is 18.9 Å². The second-order valence-electron chi connectivity index (χ2n) is 25.4. The third kappa shape index (κ3) is 38.3. The van der Waals surface area contributed by atoms with E-state index in [9.17, 15) is 45.6 Å². The van der Waals surface area contributed by atoms with Crippen LogP contribution < -0.4 is 5.32 Å². The van der Waals surface area contributed by atoms with Crippen LogP contribution in [0.2, 0.25) is 0 Å². The van der Waals surface area contributed by atoms with E-state index in [0.717, 1.165) is 51.4 Å². The van der Waals surface area contributed by atoms with Gasteiger partial charge in [0.15, 0.2) is 12.6 Å². The Morgan fingerprint density at radius 2 is 0.695 bits per heavy atom. The Morgan fingerprint density at radius 3 is 1.04 bits per heavy atom. The van der Waals surface area contributed by atoms with E-state index in [1.165, 1.54) is 257 Å². The standard InChI is InChI=1S/C68H133NO13/c1-3-5-7-9-11-13-15-17-19-20-21-22-23-24-25-26-27-28-29-30-31-32-33-34-35-36-38-40-42-44-46-48-50-52-60(73)69-56(57(72)51-49-47-45-43-41-39-37-18-16-14-12-10-8-6-4-2)55-79-67-65(78)63(76)66(59(54-71)81-67)82-68-64(77)62(75)61(74)58(53-70)80-68/h56-59,61-68,70-72,74-78H,3-55H2,1-2H3,(H,69,73)/t56-,57+,58+,59+,61-,62?,63?,64?,65?,66+,67+,68-/m0/s1. The summed E-state index contributed by atoms with van der Waals surface area (Å²) >= 11 is 0. The van der Waals surface area contributed by atoms with Crippen molar-refractivity contribution in [3.05, 3.63) is 0 Å². The van der Waals surface area contributed by atoms with Crippen molar-refractivity contribution in [1.29, 1.82) is 0 Å². The monoisotopic (exact) mass is 1170 g/mol. The molecule has 2 aliphatic heterocycles. The van der Waals surface area contributed by atoms with E-state index in [0.29, 0.717) is 12.8 Å². The number of ether oxygens (including phenoxy) is 4. The van der Waals surface area contributed by atoms with Gasteiger partial charge in [0.1, 0.15) is 48.8 Å². The first-order valence-corrected chi connectivity index (χ1v) is 35.3. The molecule has 0 spiro atoms. The van der Waals surface area contributed by atoms with Gasteiger partial charge in [-0.05, 0) is 12.8 Å². The molecule has 0 bridgehead atoms. The van der Waals surface area contributed by atoms with E-state index in [1.807, 2.05) is 0 Å². The molecule has 4 unspecified atom stereocenters. The van der Waals surface area contributed by atoms with Crippen molar-refractivity contribution in [1.82, 2.24) is 5.32 Å². The van der Waals surface area contributed by atoms with Crippen LogP contribution in [0.5, 0.6) is 0 Å². The average Bonchev–Trinajstić information content (AvgIpc) is 3.60. The van der Waals surface area contributed by atoms with E-state index in [-0.39, 0.29) is 12.5 Å². The zero-order valence-electron chi connectivity index (χ0n) is 53.0. The first kappa shape index (κ1) is 77.1. The van der Waals surface area contributed by atoms with Gasteiger partial charge in [0.25, 0.3) is 0 Å². The Kier molecular flexibility index (Phi) is 50.9. The Labute approximate surface area is 502 Å². The molecule has 0 radical (unpaired) electrons. The zero-order chi connectivity index (χ0) is 59.5. The fourth-order valence-electron chi connectivity index (χ4n) is 12.2. The van der Waals surface area contributed by atoms with Crippen molar-refractivity contribution in [3.63, 3.8) is 0 Å². The second kappa shape index (κ2) is 54.2. The van der Waals surface area contributed by atoms with Gasteiger partial charge < -0.3 is 65.1 Å². The molecule has 0 aromatic heterocycles. The van der Waals surface area contributed by atoms with Crippen LogP contribution in [-0.2, 0) is 23.7 Å². The molecule has 0 aliphatic carbocycles. The van der Waals surface area contributed by atoms with Crippen molar-refractivity contribution in [2.75, 3.05) is 19.8 Å². The Morgan fingerprint density at radius 1 is 0.390 bits per heavy atom. The lowest BCUT2D eigenvalue weighted by atomic mass is 9.97. The van der Waals surface area contributed by atoms with Gasteiger partial charge in [-0.3, -0.25) is 4.79 Å². The highest BCUT2D eigenvalue weighted by atomic mass is 16.7. The van der Waals surface area contributed by atoms with Crippen LogP contribution >= 0.6 is 0 Å². The van der Waals surface area contributed by atoms with Crippen LogP contribution in [0.15, 0.2) is 0 Å². The van der Waals surface area contributed by atoms with Crippen molar-refractivity contribution in [2.24, 2.45) is 0 Å². The van der Waals surface area contributed by atoms with Crippen molar-refractivity contribution in [3.8, 4) is 0 Å². The molecule has 14 nitrogen and oxygen atoms in total. The molecule has 82 heavy (non-hydrogen) atoms. The molecular weight excluding hydrogens is 1040 g/mol. The number of carbonyl (C=O) groups is 1. The van der Waals surface area contributed by atoms with E-state index < -0.39 is 86.8 Å². The van der Waals surface area contributed by atoms with Crippen LogP contribution in [-0.4, -0.2) is 140 Å². The molecule has 0 aromatic rings. The molecule has 9 N–H and O–H groups in total. The summed E-state index contributed by atoms with van der Waals surface area (Å²) in [5.41, 5.74) is 0. The highest BCUT2D eigenvalue weighted by molar-refractivity contribution is 5.76. The minimum atomic E-state index is -1.78. The minimum absolute atomic E-state index is 0.198. The predicted octanol–water partition coefficient (Wildman–Crippen LogP) is 14.0. The molecule has 0 saturated carbocycles. The van der Waals surface area contributed by atoms with Crippen molar-refractivity contribution < 1.29 is 64.6 Å². The number of unbranched alkanes of at least 4 members (excludes halogenated alkanes) is 46. The molecule has 488 valence electrons. The summed E-state index contributed by atoms with van der Waals surface area (Å²) in [7, 11) is 0. The Hall–Kier alpha value is -1.01. The van der Waals surface area contributed by atoms with Gasteiger partial charge in [0.2, 0.25) is 5.91 Å². The highest BCUT2D eigenvalue weighted by Gasteiger charge is 2.51. The molecule has 12 atom stereocenters. The van der Waals surface area contributed by atoms with Crippen LogP contribution in [0, 0.1) is 0 Å². The third-order valence-electron chi connectivity index (χ3n) is 17.8. The summed E-state index contributed by atoms with van der Waals surface area (Å²) in [5, 5.41) is 87.5. The minimum Gasteiger partial charge on any atom is -0.394 e. The van der Waals surface area contributed by atoms with Crippen molar-refractivity contribution >= 4 is 5.91 Å². The van der Waals surface area contributed by atoms with Crippen molar-refractivity contribution in [2.45, 2.75) is 408 Å². The lowest BCUT2D eigenvalue weighted by Gasteiger charge is -2.46. The number of amides is 1. The summed E-state index contributed by atoms with van der Waals surface area (Å²) in [6, 6.07) is -0.823. The molecule has 2 fully saturated rings. The average molecular weight is 1170 g/mol. The molecule has 2 rings (SSSR count). The third-order valence-corrected chi connectivity index (χ3v) is 17.8. The van der Waals surface area contributed by atoms with Crippen LogP contribution in [0.1, 0.15) is 335 Å². The van der Waals surface area contributed by atoms with Gasteiger partial charge in [-0.25, -0.2) is 0 Å². The number of aliphatic hydroxyl groups excluding tert-OH is 8. The van der Waals surface area contributed by atoms with Crippen LogP contribution in [0.3, 0.4) is 0 Å². The number of nitrogens with one attached hydrogen (secondary N) is 1. The smallest absolute Gasteiger partial charge is 0.220 e. The molecule has 2 heterocycles. The van der Waals surface area contributed by atoms with Gasteiger partial charge in [0.05, 0.1) is 32.0 Å². The van der Waals surface area contributed by atoms with Crippen LogP contribution in [0.4, 0.5) is 0 Å². The topological polar surface area (TPSA) is 228 Å². The molecule has 1 amide bonds. The highest BCUT2D eigenvalue weighted by Crippen LogP contribution is 2.30. The zero-order valence-corrected chi connectivity index (χ0v) is 53.0. The first-order valence-electron chi connectivity index (χ1n) is 35.3. The van der Waals surface area contributed by atoms with Gasteiger partial charge in [-0.1, -0.05) is 316 Å². The molecule has 14 heteroatoms. The summed E-state index contributed by atoms with van der Waals surface area (Å²) in [6.07, 6.45) is 47.1. The first-order chi connectivity index (χ1) is 40.1.